The highest BCUT2D eigenvalue weighted by molar-refractivity contribution is 6.07. The molecule has 5 aromatic rings. The molecule has 1 fully saturated rings. The van der Waals surface area contributed by atoms with Crippen LogP contribution in [0.4, 0.5) is 26.9 Å². The number of benzene rings is 3. The molecule has 49 heavy (non-hydrogen) atoms. The number of amides is 5. The van der Waals surface area contributed by atoms with Crippen molar-refractivity contribution in [2.24, 2.45) is 0 Å². The van der Waals surface area contributed by atoms with E-state index in [1.807, 2.05) is 61.5 Å². The van der Waals surface area contributed by atoms with E-state index in [1.54, 1.807) is 33.8 Å². The van der Waals surface area contributed by atoms with E-state index in [0.29, 0.717) is 23.0 Å². The lowest BCUT2D eigenvalue weighted by atomic mass is 9.92. The summed E-state index contributed by atoms with van der Waals surface area (Å²) in [6, 6.07) is 23.3. The maximum atomic E-state index is 13.4. The largest absolute Gasteiger partial charge is 0.457 e. The normalized spacial score (nSPS) is 12.9. The maximum Gasteiger partial charge on any atom is 0.324 e. The second kappa shape index (κ2) is 14.1. The molecule has 0 unspecified atom stereocenters. The molecule has 3 heterocycles. The summed E-state index contributed by atoms with van der Waals surface area (Å²) >= 11 is 0. The summed E-state index contributed by atoms with van der Waals surface area (Å²) in [4.78, 5) is 44.1. The van der Waals surface area contributed by atoms with Crippen molar-refractivity contribution in [3.63, 3.8) is 0 Å². The number of hydrogen-bond donors (Lipinski definition) is 4. The van der Waals surface area contributed by atoms with Gasteiger partial charge in [0.05, 0.1) is 23.6 Å². The standard InChI is InChI=1S/C37H40N8O4/c1-24-11-13-25(14-12-24)45-33(22-31(43-45)37(2,3)4)42-36(48)40-29-15-16-30(28-10-6-5-9-27(28)29)49-26-17-18-38-32(21-26)41-35(47)39-23-34(46)44-19-7-8-20-44/h5-6,9-18,21-22H,7-8,19-20,23H2,1-4H3,(H2,40,42,48)(H2,38,39,41,47). The number of carbonyl (C=O) groups is 3. The molecule has 0 spiro atoms. The number of rotatable bonds is 8. The van der Waals surface area contributed by atoms with Crippen LogP contribution in [0.15, 0.2) is 85.1 Å². The number of anilines is 3. The van der Waals surface area contributed by atoms with E-state index in [0.717, 1.165) is 53.6 Å². The van der Waals surface area contributed by atoms with Crippen LogP contribution in [0.2, 0.25) is 0 Å². The third-order valence-electron chi connectivity index (χ3n) is 8.19. The van der Waals surface area contributed by atoms with Crippen molar-refractivity contribution in [3.05, 3.63) is 96.3 Å². The first-order valence-electron chi connectivity index (χ1n) is 16.3. The number of pyridine rings is 1. The van der Waals surface area contributed by atoms with Gasteiger partial charge in [-0.05, 0) is 50.1 Å². The van der Waals surface area contributed by atoms with E-state index >= 15 is 0 Å². The summed E-state index contributed by atoms with van der Waals surface area (Å²) < 4.78 is 7.97. The molecule has 0 radical (unpaired) electrons. The van der Waals surface area contributed by atoms with Crippen molar-refractivity contribution in [3.8, 4) is 17.2 Å². The SMILES string of the molecule is Cc1ccc(-n2nc(C(C)(C)C)cc2NC(=O)Nc2ccc(Oc3ccnc(NC(=O)NCC(=O)N4CCCC4)c3)c3ccccc23)cc1. The predicted molar refractivity (Wildman–Crippen MR) is 191 cm³/mol. The fourth-order valence-corrected chi connectivity index (χ4v) is 5.52. The number of nitrogens with zero attached hydrogens (tertiary/aromatic N) is 4. The Bertz CT molecular complexity index is 1990. The number of carbonyl (C=O) groups excluding carboxylic acids is 3. The molecular weight excluding hydrogens is 620 g/mol. The maximum absolute atomic E-state index is 13.4. The molecule has 0 saturated carbocycles. The van der Waals surface area contributed by atoms with Crippen molar-refractivity contribution in [2.45, 2.75) is 46.0 Å². The van der Waals surface area contributed by atoms with Crippen LogP contribution in [-0.2, 0) is 10.2 Å². The number of hydrogen-bond acceptors (Lipinski definition) is 6. The van der Waals surface area contributed by atoms with Crippen molar-refractivity contribution in [1.29, 1.82) is 0 Å². The molecule has 4 N–H and O–H groups in total. The Morgan fingerprint density at radius 1 is 0.837 bits per heavy atom. The lowest BCUT2D eigenvalue weighted by Crippen LogP contribution is -2.40. The fourth-order valence-electron chi connectivity index (χ4n) is 5.52. The first-order valence-corrected chi connectivity index (χ1v) is 16.3. The van der Waals surface area contributed by atoms with Gasteiger partial charge in [-0.1, -0.05) is 62.7 Å². The van der Waals surface area contributed by atoms with Gasteiger partial charge in [-0.3, -0.25) is 15.4 Å². The van der Waals surface area contributed by atoms with Crippen LogP contribution in [0.3, 0.4) is 0 Å². The number of fused-ring (bicyclic) bond motifs is 1. The molecule has 252 valence electrons. The van der Waals surface area contributed by atoms with Crippen LogP contribution in [-0.4, -0.2) is 57.3 Å². The molecule has 12 heteroatoms. The van der Waals surface area contributed by atoms with Gasteiger partial charge in [0.25, 0.3) is 0 Å². The van der Waals surface area contributed by atoms with Gasteiger partial charge in [-0.2, -0.15) is 5.10 Å². The number of aryl methyl sites for hydroxylation is 1. The van der Waals surface area contributed by atoms with Gasteiger partial charge in [0.1, 0.15) is 23.1 Å². The zero-order chi connectivity index (χ0) is 34.5. The Kier molecular flexibility index (Phi) is 9.47. The molecular formula is C37H40N8O4. The van der Waals surface area contributed by atoms with Crippen LogP contribution in [0.1, 0.15) is 44.9 Å². The molecule has 5 amide bonds. The third kappa shape index (κ3) is 7.98. The molecule has 1 aliphatic heterocycles. The van der Waals surface area contributed by atoms with Gasteiger partial charge >= 0.3 is 12.1 Å². The van der Waals surface area contributed by atoms with Crippen molar-refractivity contribution in [1.82, 2.24) is 25.0 Å². The zero-order valence-corrected chi connectivity index (χ0v) is 28.0. The van der Waals surface area contributed by atoms with E-state index in [4.69, 9.17) is 9.84 Å². The Balaban J connectivity index is 1.15. The summed E-state index contributed by atoms with van der Waals surface area (Å²) in [5.41, 5.74) is 3.18. The molecule has 12 nitrogen and oxygen atoms in total. The van der Waals surface area contributed by atoms with Gasteiger partial charge in [0, 0.05) is 47.6 Å². The Hall–Kier alpha value is -5.91. The molecule has 1 aliphatic rings. The summed E-state index contributed by atoms with van der Waals surface area (Å²) in [5.74, 6) is 1.70. The van der Waals surface area contributed by atoms with E-state index < -0.39 is 12.1 Å². The highest BCUT2D eigenvalue weighted by atomic mass is 16.5. The van der Waals surface area contributed by atoms with E-state index in [9.17, 15) is 14.4 Å². The number of urea groups is 2. The second-order valence-electron chi connectivity index (χ2n) is 13.0. The first kappa shape index (κ1) is 33.0. The molecule has 0 atom stereocenters. The van der Waals surface area contributed by atoms with Crippen molar-refractivity contribution >= 4 is 46.1 Å². The third-order valence-corrected chi connectivity index (χ3v) is 8.19. The van der Waals surface area contributed by atoms with Gasteiger partial charge in [0.2, 0.25) is 5.91 Å². The van der Waals surface area contributed by atoms with Gasteiger partial charge in [0.15, 0.2) is 0 Å². The average molecular weight is 661 g/mol. The van der Waals surface area contributed by atoms with Crippen LogP contribution >= 0.6 is 0 Å². The van der Waals surface area contributed by atoms with Crippen LogP contribution in [0.5, 0.6) is 11.5 Å². The fraction of sp³-hybridized carbons (Fsp3) is 0.270. The summed E-state index contributed by atoms with van der Waals surface area (Å²) in [6.07, 6.45) is 3.49. The van der Waals surface area contributed by atoms with E-state index in [1.165, 1.54) is 6.20 Å². The predicted octanol–water partition coefficient (Wildman–Crippen LogP) is 7.21. The lowest BCUT2D eigenvalue weighted by Gasteiger charge is -2.16. The monoisotopic (exact) mass is 660 g/mol. The van der Waals surface area contributed by atoms with Crippen molar-refractivity contribution < 1.29 is 19.1 Å². The number of nitrogens with one attached hydrogen (secondary N) is 4. The van der Waals surface area contributed by atoms with E-state index in [-0.39, 0.29) is 23.7 Å². The summed E-state index contributed by atoms with van der Waals surface area (Å²) in [5, 5.41) is 17.6. The molecule has 0 bridgehead atoms. The Morgan fingerprint density at radius 3 is 2.31 bits per heavy atom. The molecule has 1 saturated heterocycles. The smallest absolute Gasteiger partial charge is 0.324 e. The minimum Gasteiger partial charge on any atom is -0.457 e. The number of ether oxygens (including phenoxy) is 1. The number of likely N-dealkylation sites (tertiary alicyclic amines) is 1. The molecule has 3 aromatic carbocycles. The topological polar surface area (TPSA) is 143 Å². The van der Waals surface area contributed by atoms with Gasteiger partial charge in [-0.25, -0.2) is 19.3 Å². The second-order valence-corrected chi connectivity index (χ2v) is 13.0. The summed E-state index contributed by atoms with van der Waals surface area (Å²) in [7, 11) is 0. The first-order chi connectivity index (χ1) is 23.5. The highest BCUT2D eigenvalue weighted by Crippen LogP contribution is 2.35. The number of aromatic nitrogens is 3. The van der Waals surface area contributed by atoms with Gasteiger partial charge in [-0.15, -0.1) is 0 Å². The quantitative estimate of drug-likeness (QED) is 0.139. The molecule has 0 aliphatic carbocycles. The minimum absolute atomic E-state index is 0.0826. The molecule has 6 rings (SSSR count). The van der Waals surface area contributed by atoms with Crippen LogP contribution in [0, 0.1) is 6.92 Å². The Morgan fingerprint density at radius 2 is 1.57 bits per heavy atom. The van der Waals surface area contributed by atoms with Crippen LogP contribution in [0.25, 0.3) is 16.5 Å². The zero-order valence-electron chi connectivity index (χ0n) is 28.0. The Labute approximate surface area is 284 Å². The van der Waals surface area contributed by atoms with E-state index in [2.05, 4.69) is 47.0 Å². The minimum atomic E-state index is -0.534. The van der Waals surface area contributed by atoms with Crippen molar-refractivity contribution in [2.75, 3.05) is 35.6 Å². The summed E-state index contributed by atoms with van der Waals surface area (Å²) in [6.45, 7) is 9.62. The average Bonchev–Trinajstić information content (AvgIpc) is 3.77. The van der Waals surface area contributed by atoms with Crippen LogP contribution < -0.4 is 26.0 Å². The lowest BCUT2D eigenvalue weighted by molar-refractivity contribution is -0.128. The molecule has 2 aromatic heterocycles. The highest BCUT2D eigenvalue weighted by Gasteiger charge is 2.22. The van der Waals surface area contributed by atoms with Gasteiger partial charge < -0.3 is 20.3 Å².